The van der Waals surface area contributed by atoms with Crippen LogP contribution in [-0.4, -0.2) is 30.1 Å². The number of thiophene rings is 1. The summed E-state index contributed by atoms with van der Waals surface area (Å²) in [5, 5.41) is 13.7. The minimum atomic E-state index is -1.05. The molecule has 1 aromatic heterocycles. The molecule has 1 amide bonds. The van der Waals surface area contributed by atoms with Crippen LogP contribution in [0.3, 0.4) is 0 Å². The molecule has 0 bridgehead atoms. The van der Waals surface area contributed by atoms with Crippen molar-refractivity contribution in [1.29, 1.82) is 0 Å². The summed E-state index contributed by atoms with van der Waals surface area (Å²) < 4.78 is 5.04. The number of carboxylic acids is 1. The third kappa shape index (κ3) is 4.16. The quantitative estimate of drug-likeness (QED) is 0.821. The maximum Gasteiger partial charge on any atom is 0.326 e. The lowest BCUT2D eigenvalue weighted by Gasteiger charge is -2.14. The second-order valence-electron chi connectivity index (χ2n) is 4.76. The van der Waals surface area contributed by atoms with Gasteiger partial charge in [0.15, 0.2) is 0 Å². The Labute approximate surface area is 132 Å². The molecule has 0 radical (unpaired) electrons. The van der Waals surface area contributed by atoms with Crippen molar-refractivity contribution >= 4 is 23.2 Å². The van der Waals surface area contributed by atoms with Crippen LogP contribution in [0, 0.1) is 0 Å². The van der Waals surface area contributed by atoms with Crippen molar-refractivity contribution in [3.8, 4) is 0 Å². The van der Waals surface area contributed by atoms with Gasteiger partial charge < -0.3 is 15.2 Å². The van der Waals surface area contributed by atoms with Crippen LogP contribution < -0.4 is 5.32 Å². The number of carbonyl (C=O) groups is 2. The van der Waals surface area contributed by atoms with Gasteiger partial charge in [-0.2, -0.15) is 0 Å². The normalized spacial score (nSPS) is 11.9. The van der Waals surface area contributed by atoms with Crippen LogP contribution in [0.5, 0.6) is 0 Å². The van der Waals surface area contributed by atoms with E-state index >= 15 is 0 Å². The van der Waals surface area contributed by atoms with E-state index < -0.39 is 12.0 Å². The topological polar surface area (TPSA) is 75.6 Å². The molecule has 0 saturated carbocycles. The number of rotatable bonds is 7. The predicted molar refractivity (Wildman–Crippen MR) is 84.1 cm³/mol. The highest BCUT2D eigenvalue weighted by molar-refractivity contribution is 7.12. The van der Waals surface area contributed by atoms with Crippen LogP contribution in [-0.2, 0) is 22.6 Å². The first-order valence-electron chi connectivity index (χ1n) is 6.74. The van der Waals surface area contributed by atoms with E-state index in [-0.39, 0.29) is 12.3 Å². The third-order valence-corrected chi connectivity index (χ3v) is 4.09. The average Bonchev–Trinajstić information content (AvgIpc) is 2.96. The van der Waals surface area contributed by atoms with Crippen molar-refractivity contribution in [2.24, 2.45) is 0 Å². The zero-order valence-corrected chi connectivity index (χ0v) is 12.9. The minimum absolute atomic E-state index is 0.243. The van der Waals surface area contributed by atoms with Crippen LogP contribution >= 0.6 is 11.3 Å². The van der Waals surface area contributed by atoms with Gasteiger partial charge in [0.1, 0.15) is 6.04 Å². The summed E-state index contributed by atoms with van der Waals surface area (Å²) in [7, 11) is 1.55. The lowest BCUT2D eigenvalue weighted by atomic mass is 10.1. The van der Waals surface area contributed by atoms with Gasteiger partial charge in [0, 0.05) is 19.1 Å². The van der Waals surface area contributed by atoms with Gasteiger partial charge in [-0.3, -0.25) is 4.79 Å². The number of nitrogens with one attached hydrogen (secondary N) is 1. The van der Waals surface area contributed by atoms with E-state index in [0.717, 1.165) is 11.1 Å². The van der Waals surface area contributed by atoms with Crippen LogP contribution in [0.4, 0.5) is 0 Å². The van der Waals surface area contributed by atoms with Gasteiger partial charge in [0.2, 0.25) is 0 Å². The number of ether oxygens (including phenoxy) is 1. The van der Waals surface area contributed by atoms with E-state index in [4.69, 9.17) is 4.74 Å². The summed E-state index contributed by atoms with van der Waals surface area (Å²) in [6.45, 7) is 0.322. The molecular weight excluding hydrogens is 302 g/mol. The van der Waals surface area contributed by atoms with Crippen LogP contribution in [0.1, 0.15) is 20.8 Å². The van der Waals surface area contributed by atoms with Gasteiger partial charge >= 0.3 is 5.97 Å². The monoisotopic (exact) mass is 319 g/mol. The largest absolute Gasteiger partial charge is 0.480 e. The Hall–Kier alpha value is -2.18. The lowest BCUT2D eigenvalue weighted by molar-refractivity contribution is -0.139. The molecule has 1 heterocycles. The highest BCUT2D eigenvalue weighted by Crippen LogP contribution is 2.18. The lowest BCUT2D eigenvalue weighted by Crippen LogP contribution is -2.42. The maximum absolute atomic E-state index is 12.3. The SMILES string of the molecule is COCc1ccsc1C(=O)NC(Cc1ccccc1)C(=O)O. The summed E-state index contributed by atoms with van der Waals surface area (Å²) in [6.07, 6.45) is 0.243. The Bertz CT molecular complexity index is 639. The summed E-state index contributed by atoms with van der Waals surface area (Å²) in [6, 6.07) is 10.1. The third-order valence-electron chi connectivity index (χ3n) is 3.14. The molecule has 22 heavy (non-hydrogen) atoms. The fourth-order valence-corrected chi connectivity index (χ4v) is 2.89. The molecular formula is C16H17NO4S. The Kier molecular flexibility index (Phi) is 5.68. The molecule has 0 aliphatic rings. The standard InChI is InChI=1S/C16H17NO4S/c1-21-10-12-7-8-22-14(12)15(18)17-13(16(19)20)9-11-5-3-2-4-6-11/h2-8,13H,9-10H2,1H3,(H,17,18)(H,19,20). The van der Waals surface area contributed by atoms with Gasteiger partial charge in [-0.1, -0.05) is 30.3 Å². The van der Waals surface area contributed by atoms with Crippen molar-refractivity contribution in [3.63, 3.8) is 0 Å². The molecule has 5 nitrogen and oxygen atoms in total. The van der Waals surface area contributed by atoms with Gasteiger partial charge in [0.25, 0.3) is 5.91 Å². The molecule has 1 aromatic carbocycles. The Balaban J connectivity index is 2.09. The number of aliphatic carboxylic acids is 1. The molecule has 2 N–H and O–H groups in total. The van der Waals surface area contributed by atoms with Crippen molar-refractivity contribution in [2.45, 2.75) is 19.1 Å². The number of amides is 1. The molecule has 2 rings (SSSR count). The van der Waals surface area contributed by atoms with Crippen LogP contribution in [0.25, 0.3) is 0 Å². The van der Waals surface area contributed by atoms with Crippen molar-refractivity contribution in [1.82, 2.24) is 5.32 Å². The van der Waals surface area contributed by atoms with Gasteiger partial charge in [0.05, 0.1) is 11.5 Å². The average molecular weight is 319 g/mol. The van der Waals surface area contributed by atoms with Crippen molar-refractivity contribution in [2.75, 3.05) is 7.11 Å². The van der Waals surface area contributed by atoms with Gasteiger partial charge in [-0.15, -0.1) is 11.3 Å². The summed E-state index contributed by atoms with van der Waals surface area (Å²) in [5.74, 6) is -1.44. The molecule has 116 valence electrons. The summed E-state index contributed by atoms with van der Waals surface area (Å²) in [4.78, 5) is 24.2. The number of methoxy groups -OCH3 is 1. The van der Waals surface area contributed by atoms with Crippen molar-refractivity contribution in [3.05, 3.63) is 57.8 Å². The number of carbonyl (C=O) groups excluding carboxylic acids is 1. The fraction of sp³-hybridized carbons (Fsp3) is 0.250. The Morgan fingerprint density at radius 3 is 2.64 bits per heavy atom. The molecule has 1 unspecified atom stereocenters. The van der Waals surface area contributed by atoms with Crippen LogP contribution in [0.15, 0.2) is 41.8 Å². The molecule has 0 aliphatic heterocycles. The second-order valence-corrected chi connectivity index (χ2v) is 5.68. The van der Waals surface area contributed by atoms with Gasteiger partial charge in [-0.25, -0.2) is 4.79 Å². The predicted octanol–water partition coefficient (Wildman–Crippen LogP) is 2.32. The van der Waals surface area contributed by atoms with Gasteiger partial charge in [-0.05, 0) is 17.0 Å². The van der Waals surface area contributed by atoms with E-state index in [1.807, 2.05) is 30.3 Å². The highest BCUT2D eigenvalue weighted by Gasteiger charge is 2.23. The molecule has 0 saturated heterocycles. The number of benzene rings is 1. The van der Waals surface area contributed by atoms with E-state index in [1.54, 1.807) is 18.6 Å². The van der Waals surface area contributed by atoms with E-state index in [2.05, 4.69) is 5.32 Å². The van der Waals surface area contributed by atoms with E-state index in [0.29, 0.717) is 11.5 Å². The van der Waals surface area contributed by atoms with Crippen LogP contribution in [0.2, 0.25) is 0 Å². The first-order chi connectivity index (χ1) is 10.6. The molecule has 0 aliphatic carbocycles. The molecule has 2 aromatic rings. The zero-order chi connectivity index (χ0) is 15.9. The van der Waals surface area contributed by atoms with Crippen molar-refractivity contribution < 1.29 is 19.4 Å². The van der Waals surface area contributed by atoms with E-state index in [9.17, 15) is 14.7 Å². The number of hydrogen-bond donors (Lipinski definition) is 2. The number of hydrogen-bond acceptors (Lipinski definition) is 4. The highest BCUT2D eigenvalue weighted by atomic mass is 32.1. The molecule has 6 heteroatoms. The first kappa shape index (κ1) is 16.2. The molecule has 1 atom stereocenters. The first-order valence-corrected chi connectivity index (χ1v) is 7.62. The second kappa shape index (κ2) is 7.72. The van der Waals surface area contributed by atoms with E-state index in [1.165, 1.54) is 11.3 Å². The fourth-order valence-electron chi connectivity index (χ4n) is 2.08. The molecule has 0 spiro atoms. The maximum atomic E-state index is 12.3. The smallest absolute Gasteiger partial charge is 0.326 e. The zero-order valence-electron chi connectivity index (χ0n) is 12.1. The summed E-state index contributed by atoms with van der Waals surface area (Å²) in [5.41, 5.74) is 1.62. The summed E-state index contributed by atoms with van der Waals surface area (Å²) >= 11 is 1.27. The number of carboxylic acid groups (broad SMARTS) is 1. The molecule has 0 fully saturated rings. The minimum Gasteiger partial charge on any atom is -0.480 e. The Morgan fingerprint density at radius 2 is 2.00 bits per heavy atom. The Morgan fingerprint density at radius 1 is 1.27 bits per heavy atom.